The van der Waals surface area contributed by atoms with Crippen molar-refractivity contribution in [2.45, 2.75) is 0 Å². The first-order valence-electron chi connectivity index (χ1n) is 6.34. The van der Waals surface area contributed by atoms with Crippen LogP contribution < -0.4 is 5.32 Å². The third-order valence-corrected chi connectivity index (χ3v) is 3.53. The van der Waals surface area contributed by atoms with Crippen LogP contribution in [0.2, 0.25) is 0 Å². The summed E-state index contributed by atoms with van der Waals surface area (Å²) in [5.41, 5.74) is 0.354. The summed E-state index contributed by atoms with van der Waals surface area (Å²) in [7, 11) is 0. The lowest BCUT2D eigenvalue weighted by atomic mass is 10.2. The third kappa shape index (κ3) is 4.72. The number of nitrogens with zero attached hydrogens (tertiary/aromatic N) is 2. The zero-order chi connectivity index (χ0) is 13.7. The van der Waals surface area contributed by atoms with Crippen LogP contribution in [0.25, 0.3) is 0 Å². The van der Waals surface area contributed by atoms with Crippen molar-refractivity contribution in [3.8, 4) is 0 Å². The first-order valence-corrected chi connectivity index (χ1v) is 7.20. The quantitative estimate of drug-likeness (QED) is 0.610. The van der Waals surface area contributed by atoms with Crippen molar-refractivity contribution >= 4 is 34.9 Å². The zero-order valence-electron chi connectivity index (χ0n) is 10.7. The maximum atomic E-state index is 12.8. The SMILES string of the molecule is C1CN2CCN1CC2.Fc1ccccc1NC(=S)S. The summed E-state index contributed by atoms with van der Waals surface area (Å²) in [6.45, 7) is 7.92. The van der Waals surface area contributed by atoms with Gasteiger partial charge in [0.1, 0.15) is 10.1 Å². The summed E-state index contributed by atoms with van der Waals surface area (Å²) in [6.07, 6.45) is 0. The largest absolute Gasteiger partial charge is 0.339 e. The number of hydrogen-bond donors (Lipinski definition) is 2. The average molecular weight is 299 g/mol. The Kier molecular flexibility index (Phi) is 5.57. The van der Waals surface area contributed by atoms with Gasteiger partial charge in [-0.05, 0) is 12.1 Å². The van der Waals surface area contributed by atoms with Gasteiger partial charge >= 0.3 is 0 Å². The fourth-order valence-electron chi connectivity index (χ4n) is 2.20. The number of halogens is 1. The first-order chi connectivity index (χ1) is 9.15. The molecule has 0 aliphatic carbocycles. The van der Waals surface area contributed by atoms with Gasteiger partial charge in [-0.25, -0.2) is 4.39 Å². The van der Waals surface area contributed by atoms with E-state index in [-0.39, 0.29) is 10.1 Å². The first kappa shape index (κ1) is 14.7. The van der Waals surface area contributed by atoms with Crippen molar-refractivity contribution in [3.63, 3.8) is 0 Å². The van der Waals surface area contributed by atoms with E-state index in [1.165, 1.54) is 45.3 Å². The fraction of sp³-hybridized carbons (Fsp3) is 0.462. The summed E-state index contributed by atoms with van der Waals surface area (Å²) >= 11 is 8.43. The van der Waals surface area contributed by atoms with E-state index in [9.17, 15) is 4.39 Å². The molecule has 4 rings (SSSR count). The molecule has 0 saturated carbocycles. The van der Waals surface area contributed by atoms with Crippen molar-refractivity contribution in [2.24, 2.45) is 0 Å². The number of piperazine rings is 3. The Hall–Kier alpha value is -0.690. The van der Waals surface area contributed by atoms with Crippen LogP contribution in [-0.2, 0) is 0 Å². The minimum atomic E-state index is -0.330. The molecule has 104 valence electrons. The molecule has 0 amide bonds. The van der Waals surface area contributed by atoms with Crippen molar-refractivity contribution in [1.29, 1.82) is 0 Å². The van der Waals surface area contributed by atoms with Gasteiger partial charge in [0.25, 0.3) is 0 Å². The van der Waals surface area contributed by atoms with Crippen LogP contribution in [0.5, 0.6) is 0 Å². The number of thiocarbonyl (C=S) groups is 1. The Morgan fingerprint density at radius 2 is 1.53 bits per heavy atom. The van der Waals surface area contributed by atoms with E-state index in [1.54, 1.807) is 18.2 Å². The molecule has 19 heavy (non-hydrogen) atoms. The fourth-order valence-corrected chi connectivity index (χ4v) is 2.43. The van der Waals surface area contributed by atoms with Gasteiger partial charge in [0.2, 0.25) is 0 Å². The predicted molar refractivity (Wildman–Crippen MR) is 84.5 cm³/mol. The maximum Gasteiger partial charge on any atom is 0.146 e. The van der Waals surface area contributed by atoms with E-state index in [0.29, 0.717) is 5.69 Å². The number of anilines is 1. The van der Waals surface area contributed by atoms with Crippen LogP contribution >= 0.6 is 24.8 Å². The van der Waals surface area contributed by atoms with Gasteiger partial charge < -0.3 is 5.32 Å². The summed E-state index contributed by atoms with van der Waals surface area (Å²) < 4.78 is 13.1. The van der Waals surface area contributed by atoms with E-state index in [0.717, 1.165) is 0 Å². The van der Waals surface area contributed by atoms with Crippen LogP contribution in [0.15, 0.2) is 24.3 Å². The highest BCUT2D eigenvalue weighted by atomic mass is 32.1. The van der Waals surface area contributed by atoms with Crippen molar-refractivity contribution in [3.05, 3.63) is 30.1 Å². The second-order valence-corrected chi connectivity index (χ2v) is 5.75. The molecular formula is C13H18FN3S2. The average Bonchev–Trinajstić information content (AvgIpc) is 2.44. The lowest BCUT2D eigenvalue weighted by Crippen LogP contribution is -2.55. The van der Waals surface area contributed by atoms with Crippen LogP contribution in [0.3, 0.4) is 0 Å². The number of benzene rings is 1. The molecule has 3 aliphatic rings. The summed E-state index contributed by atoms with van der Waals surface area (Å²) in [6, 6.07) is 6.28. The Morgan fingerprint density at radius 1 is 1.05 bits per heavy atom. The molecule has 0 radical (unpaired) electrons. The molecule has 0 aromatic heterocycles. The van der Waals surface area contributed by atoms with Crippen LogP contribution in [-0.4, -0.2) is 53.4 Å². The van der Waals surface area contributed by atoms with E-state index in [4.69, 9.17) is 0 Å². The molecule has 2 bridgehead atoms. The smallest absolute Gasteiger partial charge is 0.146 e. The van der Waals surface area contributed by atoms with Gasteiger partial charge in [-0.1, -0.05) is 24.4 Å². The molecule has 3 saturated heterocycles. The monoisotopic (exact) mass is 299 g/mol. The second-order valence-electron chi connectivity index (χ2n) is 4.59. The zero-order valence-corrected chi connectivity index (χ0v) is 12.4. The predicted octanol–water partition coefficient (Wildman–Crippen LogP) is 2.07. The summed E-state index contributed by atoms with van der Waals surface area (Å²) in [5.74, 6) is -0.330. The highest BCUT2D eigenvalue weighted by Crippen LogP contribution is 2.12. The highest BCUT2D eigenvalue weighted by molar-refractivity contribution is 8.11. The van der Waals surface area contributed by atoms with E-state index in [2.05, 4.69) is 40.0 Å². The Bertz CT molecular complexity index is 411. The third-order valence-electron chi connectivity index (χ3n) is 3.31. The molecule has 3 aliphatic heterocycles. The van der Waals surface area contributed by atoms with Crippen LogP contribution in [0.4, 0.5) is 10.1 Å². The van der Waals surface area contributed by atoms with Crippen LogP contribution in [0.1, 0.15) is 0 Å². The lowest BCUT2D eigenvalue weighted by molar-refractivity contribution is 0.0647. The van der Waals surface area contributed by atoms with Gasteiger partial charge in [-0.3, -0.25) is 9.80 Å². The molecular weight excluding hydrogens is 281 g/mol. The Labute approximate surface area is 124 Å². The molecule has 0 spiro atoms. The molecule has 1 aromatic rings. The normalized spacial score (nSPS) is 24.3. The maximum absolute atomic E-state index is 12.8. The molecule has 1 aromatic carbocycles. The number of hydrogen-bond acceptors (Lipinski definition) is 3. The molecule has 3 nitrogen and oxygen atoms in total. The van der Waals surface area contributed by atoms with Gasteiger partial charge in [0, 0.05) is 39.3 Å². The number of fused-ring (bicyclic) bond motifs is 3. The summed E-state index contributed by atoms with van der Waals surface area (Å²) in [5, 5.41) is 2.59. The summed E-state index contributed by atoms with van der Waals surface area (Å²) in [4.78, 5) is 5.08. The molecule has 3 heterocycles. The number of thiol groups is 1. The van der Waals surface area contributed by atoms with Gasteiger partial charge in [-0.2, -0.15) is 0 Å². The molecule has 0 unspecified atom stereocenters. The van der Waals surface area contributed by atoms with Crippen molar-refractivity contribution in [1.82, 2.24) is 9.80 Å². The Balaban J connectivity index is 0.000000146. The Morgan fingerprint density at radius 3 is 1.89 bits per heavy atom. The minimum Gasteiger partial charge on any atom is -0.339 e. The number of rotatable bonds is 1. The highest BCUT2D eigenvalue weighted by Gasteiger charge is 2.21. The van der Waals surface area contributed by atoms with Gasteiger partial charge in [-0.15, -0.1) is 12.6 Å². The van der Waals surface area contributed by atoms with E-state index >= 15 is 0 Å². The lowest BCUT2D eigenvalue weighted by Gasteiger charge is -2.41. The molecule has 0 atom stereocenters. The number of nitrogens with one attached hydrogen (secondary N) is 1. The van der Waals surface area contributed by atoms with Crippen molar-refractivity contribution in [2.75, 3.05) is 44.6 Å². The standard InChI is InChI=1S/C7H6FNS2.C6H12N2/c8-5-3-1-2-4-6(5)9-7(10)11;1-2-8-5-3-7(1)4-6-8/h1-4H,(H2,9,10,11);1-6H2. The molecule has 1 N–H and O–H groups in total. The van der Waals surface area contributed by atoms with Gasteiger partial charge in [0.15, 0.2) is 0 Å². The van der Waals surface area contributed by atoms with Gasteiger partial charge in [0.05, 0.1) is 5.69 Å². The van der Waals surface area contributed by atoms with Crippen molar-refractivity contribution < 1.29 is 4.39 Å². The minimum absolute atomic E-state index is 0.259. The molecule has 3 fully saturated rings. The molecule has 6 heteroatoms. The number of para-hydroxylation sites is 1. The topological polar surface area (TPSA) is 18.5 Å². The second kappa shape index (κ2) is 7.19. The van der Waals surface area contributed by atoms with E-state index < -0.39 is 0 Å². The van der Waals surface area contributed by atoms with E-state index in [1.807, 2.05) is 0 Å². The van der Waals surface area contributed by atoms with Crippen LogP contribution in [0, 0.1) is 5.82 Å².